The molecule has 2 heterocycles. The fourth-order valence-electron chi connectivity index (χ4n) is 2.46. The third-order valence-corrected chi connectivity index (χ3v) is 3.69. The molecule has 0 atom stereocenters. The minimum Gasteiger partial charge on any atom is -1.00 e. The quantitative estimate of drug-likeness (QED) is 0.449. The average molecular weight is 406 g/mol. The topological polar surface area (TPSA) is 18.0 Å². The van der Waals surface area contributed by atoms with Gasteiger partial charge in [-0.25, -0.2) is 4.57 Å². The predicted molar refractivity (Wildman–Crippen MR) is 86.0 cm³/mol. The monoisotopic (exact) mass is 406 g/mol. The van der Waals surface area contributed by atoms with Gasteiger partial charge in [0.25, 0.3) is 0 Å². The first-order valence-electron chi connectivity index (χ1n) is 6.94. The maximum absolute atomic E-state index is 5.29. The highest BCUT2D eigenvalue weighted by molar-refractivity contribution is 5.92. The van der Waals surface area contributed by atoms with Crippen LogP contribution in [-0.4, -0.2) is 11.7 Å². The van der Waals surface area contributed by atoms with E-state index in [1.54, 1.807) is 7.11 Å². The summed E-state index contributed by atoms with van der Waals surface area (Å²) in [5.41, 5.74) is 3.58. The fraction of sp³-hybridized carbons (Fsp3) is 0.167. The van der Waals surface area contributed by atoms with E-state index in [1.165, 1.54) is 22.0 Å². The number of rotatable bonds is 3. The molecule has 1 aromatic carbocycles. The molecule has 0 spiro atoms. The molecule has 3 nitrogen and oxygen atoms in total. The minimum absolute atomic E-state index is 0. The Balaban J connectivity index is 0.00000176. The van der Waals surface area contributed by atoms with Crippen molar-refractivity contribution >= 4 is 23.1 Å². The van der Waals surface area contributed by atoms with Crippen LogP contribution in [0.1, 0.15) is 11.1 Å². The molecule has 0 unspecified atom stereocenters. The van der Waals surface area contributed by atoms with E-state index >= 15 is 0 Å². The highest BCUT2D eigenvalue weighted by Crippen LogP contribution is 2.26. The van der Waals surface area contributed by atoms with Gasteiger partial charge in [0.05, 0.1) is 12.6 Å². The van der Waals surface area contributed by atoms with Crippen LogP contribution in [0.5, 0.6) is 5.75 Å². The van der Waals surface area contributed by atoms with E-state index in [2.05, 4.69) is 54.2 Å². The van der Waals surface area contributed by atoms with Gasteiger partial charge in [-0.3, -0.25) is 0 Å². The Morgan fingerprint density at radius 2 is 1.82 bits per heavy atom. The second kappa shape index (κ2) is 6.96. The van der Waals surface area contributed by atoms with Crippen LogP contribution >= 0.6 is 0 Å². The number of pyridine rings is 1. The number of ether oxygens (including phenoxy) is 1. The molecule has 0 bridgehead atoms. The van der Waals surface area contributed by atoms with Crippen molar-refractivity contribution in [3.63, 3.8) is 0 Å². The van der Waals surface area contributed by atoms with Crippen molar-refractivity contribution in [3.05, 3.63) is 60.0 Å². The van der Waals surface area contributed by atoms with E-state index in [1.807, 2.05) is 30.1 Å². The van der Waals surface area contributed by atoms with E-state index in [-0.39, 0.29) is 24.0 Å². The van der Waals surface area contributed by atoms with Gasteiger partial charge in [0, 0.05) is 36.8 Å². The Morgan fingerprint density at radius 1 is 1.09 bits per heavy atom. The van der Waals surface area contributed by atoms with Crippen LogP contribution in [0.3, 0.4) is 0 Å². The smallest absolute Gasteiger partial charge is 0.169 e. The zero-order chi connectivity index (χ0) is 14.8. The Kier molecular flexibility index (Phi) is 5.24. The van der Waals surface area contributed by atoms with Crippen molar-refractivity contribution in [1.29, 1.82) is 0 Å². The zero-order valence-corrected chi connectivity index (χ0v) is 15.1. The predicted octanol–water partition coefficient (Wildman–Crippen LogP) is 0.186. The Hall–Kier alpha value is -1.82. The van der Waals surface area contributed by atoms with Gasteiger partial charge in [0.15, 0.2) is 12.4 Å². The van der Waals surface area contributed by atoms with Crippen LogP contribution in [0, 0.1) is 0 Å². The molecule has 0 radical (unpaired) electrons. The number of fused-ring (bicyclic) bond motifs is 1. The highest BCUT2D eigenvalue weighted by Gasteiger charge is 2.05. The molecule has 22 heavy (non-hydrogen) atoms. The van der Waals surface area contributed by atoms with Gasteiger partial charge in [-0.2, -0.15) is 0 Å². The first kappa shape index (κ1) is 16.5. The molecular formula is C18H19IN2O. The maximum Gasteiger partial charge on any atom is 0.169 e. The molecule has 0 saturated carbocycles. The van der Waals surface area contributed by atoms with Gasteiger partial charge in [-0.1, -0.05) is 12.2 Å². The summed E-state index contributed by atoms with van der Waals surface area (Å²) < 4.78 is 9.45. The lowest BCUT2D eigenvalue weighted by atomic mass is 10.1. The molecule has 114 valence electrons. The molecule has 0 saturated heterocycles. The van der Waals surface area contributed by atoms with Crippen LogP contribution in [0.25, 0.3) is 23.1 Å². The number of nitrogens with zero attached hydrogens (tertiary/aromatic N) is 2. The van der Waals surface area contributed by atoms with E-state index in [0.717, 1.165) is 5.75 Å². The molecule has 0 N–H and O–H groups in total. The third kappa shape index (κ3) is 3.32. The van der Waals surface area contributed by atoms with Gasteiger partial charge < -0.3 is 33.3 Å². The minimum atomic E-state index is 0. The molecule has 0 aliphatic carbocycles. The molecule has 0 fully saturated rings. The fourth-order valence-corrected chi connectivity index (χ4v) is 2.46. The first-order valence-corrected chi connectivity index (χ1v) is 6.94. The van der Waals surface area contributed by atoms with E-state index in [4.69, 9.17) is 4.74 Å². The van der Waals surface area contributed by atoms with Crippen molar-refractivity contribution < 1.29 is 33.3 Å². The maximum atomic E-state index is 5.29. The van der Waals surface area contributed by atoms with Crippen LogP contribution < -0.4 is 33.3 Å². The molecular weight excluding hydrogens is 387 g/mol. The highest BCUT2D eigenvalue weighted by atomic mass is 127. The largest absolute Gasteiger partial charge is 1.00 e. The number of halogens is 1. The lowest BCUT2D eigenvalue weighted by molar-refractivity contribution is -0.671. The second-order valence-electron chi connectivity index (χ2n) is 5.21. The average Bonchev–Trinajstić information content (AvgIpc) is 2.82. The normalized spacial score (nSPS) is 10.9. The third-order valence-electron chi connectivity index (χ3n) is 3.69. The van der Waals surface area contributed by atoms with Crippen LogP contribution in [0.2, 0.25) is 0 Å². The lowest BCUT2D eigenvalue weighted by Gasteiger charge is -2.01. The summed E-state index contributed by atoms with van der Waals surface area (Å²) in [4.78, 5) is 0. The van der Waals surface area contributed by atoms with Crippen LogP contribution in [0.15, 0.2) is 48.9 Å². The van der Waals surface area contributed by atoms with Gasteiger partial charge in [-0.15, -0.1) is 0 Å². The van der Waals surface area contributed by atoms with Crippen LogP contribution in [-0.2, 0) is 14.1 Å². The molecule has 4 heteroatoms. The molecule has 3 aromatic rings. The second-order valence-corrected chi connectivity index (χ2v) is 5.21. The van der Waals surface area contributed by atoms with E-state index in [0.29, 0.717) is 0 Å². The molecule has 0 aliphatic heterocycles. The SMILES string of the molecule is COc1ccc2c(/C=C/c3cc[n+](C)cc3)cn(C)c2c1.[I-]. The summed E-state index contributed by atoms with van der Waals surface area (Å²) in [5, 5.41) is 1.23. The first-order chi connectivity index (χ1) is 10.2. The molecule has 0 aliphatic rings. The Bertz CT molecular complexity index is 804. The number of benzene rings is 1. The van der Waals surface area contributed by atoms with E-state index in [9.17, 15) is 0 Å². The van der Waals surface area contributed by atoms with Gasteiger partial charge in [0.2, 0.25) is 0 Å². The zero-order valence-electron chi connectivity index (χ0n) is 13.0. The Morgan fingerprint density at radius 3 is 2.50 bits per heavy atom. The van der Waals surface area contributed by atoms with Crippen molar-refractivity contribution in [2.24, 2.45) is 14.1 Å². The molecule has 2 aromatic heterocycles. The lowest BCUT2D eigenvalue weighted by Crippen LogP contribution is -3.00. The number of methoxy groups -OCH3 is 1. The summed E-state index contributed by atoms with van der Waals surface area (Å²) in [6.45, 7) is 0. The Labute approximate surface area is 147 Å². The summed E-state index contributed by atoms with van der Waals surface area (Å²) in [6.07, 6.45) is 10.5. The summed E-state index contributed by atoms with van der Waals surface area (Å²) in [5.74, 6) is 0.884. The molecule has 0 amide bonds. The van der Waals surface area contributed by atoms with E-state index < -0.39 is 0 Å². The van der Waals surface area contributed by atoms with Crippen molar-refractivity contribution in [2.45, 2.75) is 0 Å². The summed E-state index contributed by atoms with van der Waals surface area (Å²) >= 11 is 0. The summed E-state index contributed by atoms with van der Waals surface area (Å²) in [6, 6.07) is 10.4. The number of aromatic nitrogens is 2. The van der Waals surface area contributed by atoms with Gasteiger partial charge in [0.1, 0.15) is 12.8 Å². The van der Waals surface area contributed by atoms with Crippen molar-refractivity contribution in [1.82, 2.24) is 4.57 Å². The van der Waals surface area contributed by atoms with Gasteiger partial charge >= 0.3 is 0 Å². The van der Waals surface area contributed by atoms with Crippen molar-refractivity contribution in [2.75, 3.05) is 7.11 Å². The number of hydrogen-bond donors (Lipinski definition) is 0. The number of aryl methyl sites for hydroxylation is 2. The molecule has 3 rings (SSSR count). The summed E-state index contributed by atoms with van der Waals surface area (Å²) in [7, 11) is 5.77. The number of hydrogen-bond acceptors (Lipinski definition) is 1. The standard InChI is InChI=1S/C18H19N2O.HI/c1-19-10-8-14(9-11-19)4-5-15-13-20(2)18-12-16(21-3)6-7-17(15)18;/h4-13H,1-3H3;1H/q+1;/p-1. The van der Waals surface area contributed by atoms with Crippen LogP contribution in [0.4, 0.5) is 0 Å². The van der Waals surface area contributed by atoms with Crippen molar-refractivity contribution in [3.8, 4) is 5.75 Å². The van der Waals surface area contributed by atoms with Gasteiger partial charge in [-0.05, 0) is 23.3 Å².